The standard InChI is InChI=1S/C38H67N15O15/c39-16-2-1-5-20(48-30(61)19(40)8-13-27(55)56)31(62)51-23(10-14-28(57)58)34(65)49-21(6-3-17-46-37(42)43)32(63)52-24(11-15-29(59)60)35(66)50-22(7-4-18-47-38(44)45)33(64)53-25(36(67)68)9-12-26(41)54/h19-25H,1-18,39-40H2,(H2,41,54)(H,48,61)(H,49,65)(H,50,66)(H,51,62)(H,52,63)(H,53,64)(H,55,56)(H,57,58)(H,59,60)(H,67,68)(H4,42,43,46)(H4,44,45,47)/t19-,20-,21-,22-,23-,24-,25-/m0/s1. The van der Waals surface area contributed by atoms with E-state index >= 15 is 0 Å². The lowest BCUT2D eigenvalue weighted by Gasteiger charge is -2.27. The molecule has 0 rings (SSSR count). The number of nitrogens with one attached hydrogen (secondary N) is 6. The van der Waals surface area contributed by atoms with Gasteiger partial charge in [-0.15, -0.1) is 0 Å². The Labute approximate surface area is 390 Å². The van der Waals surface area contributed by atoms with Crippen LogP contribution in [0.1, 0.15) is 96.3 Å². The van der Waals surface area contributed by atoms with Crippen molar-refractivity contribution in [2.24, 2.45) is 50.1 Å². The summed E-state index contributed by atoms with van der Waals surface area (Å²) in [6.07, 6.45) is -4.07. The fourth-order valence-corrected chi connectivity index (χ4v) is 5.97. The molecule has 24 N–H and O–H groups in total. The number of primary amides is 1. The van der Waals surface area contributed by atoms with E-state index in [9.17, 15) is 68.1 Å². The molecule has 0 aliphatic carbocycles. The second-order valence-electron chi connectivity index (χ2n) is 15.3. The molecule has 30 nitrogen and oxygen atoms in total. The number of hydrogen-bond acceptors (Lipinski definition) is 15. The van der Waals surface area contributed by atoms with Gasteiger partial charge in [-0.05, 0) is 77.2 Å². The topological polar surface area (TPSA) is 548 Å². The molecule has 7 amide bonds. The number of unbranched alkanes of at least 4 members (excludes halogenated alkanes) is 1. The van der Waals surface area contributed by atoms with Gasteiger partial charge in [-0.2, -0.15) is 0 Å². The molecule has 68 heavy (non-hydrogen) atoms. The Morgan fingerprint density at radius 2 is 0.706 bits per heavy atom. The number of aliphatic imine (C=N–C) groups is 2. The van der Waals surface area contributed by atoms with Crippen molar-refractivity contribution in [1.29, 1.82) is 0 Å². The average molecular weight is 974 g/mol. The zero-order valence-corrected chi connectivity index (χ0v) is 37.5. The number of carboxylic acid groups (broad SMARTS) is 4. The molecule has 0 aliphatic rings. The zero-order valence-electron chi connectivity index (χ0n) is 37.5. The number of carbonyl (C=O) groups is 11. The van der Waals surface area contributed by atoms with E-state index in [1.54, 1.807) is 0 Å². The first-order chi connectivity index (χ1) is 31.9. The first-order valence-electron chi connectivity index (χ1n) is 21.4. The lowest BCUT2D eigenvalue weighted by Crippen LogP contribution is -2.60. The van der Waals surface area contributed by atoms with Gasteiger partial charge < -0.3 is 92.5 Å². The zero-order chi connectivity index (χ0) is 51.9. The maximum Gasteiger partial charge on any atom is 0.326 e. The first-order valence-corrected chi connectivity index (χ1v) is 21.4. The molecule has 0 aliphatic heterocycles. The highest BCUT2D eigenvalue weighted by atomic mass is 16.4. The summed E-state index contributed by atoms with van der Waals surface area (Å²) in [6.45, 7) is 0.0436. The third kappa shape index (κ3) is 27.8. The smallest absolute Gasteiger partial charge is 0.326 e. The van der Waals surface area contributed by atoms with Crippen molar-refractivity contribution < 1.29 is 73.2 Å². The molecule has 0 aromatic carbocycles. The SMILES string of the molecule is NCCCC[C@H](NC(=O)[C@@H](N)CCC(=O)O)C(=O)N[C@@H](CCC(=O)O)C(=O)N[C@@H](CCCN=C(N)N)C(=O)N[C@@H](CCC(=O)O)C(=O)N[C@@H](CCCN=C(N)N)C(=O)N[C@@H](CCC(N)=O)C(=O)O. The minimum absolute atomic E-state index is 0.0199. The van der Waals surface area contributed by atoms with E-state index in [0.717, 1.165) is 0 Å². The van der Waals surface area contributed by atoms with Gasteiger partial charge in [-0.25, -0.2) is 4.79 Å². The van der Waals surface area contributed by atoms with Crippen molar-refractivity contribution in [3.63, 3.8) is 0 Å². The van der Waals surface area contributed by atoms with E-state index in [1.165, 1.54) is 0 Å². The van der Waals surface area contributed by atoms with Crippen molar-refractivity contribution >= 4 is 77.1 Å². The Morgan fingerprint density at radius 3 is 1.03 bits per heavy atom. The van der Waals surface area contributed by atoms with Crippen LogP contribution in [0.5, 0.6) is 0 Å². The molecule has 0 aromatic heterocycles. The highest BCUT2D eigenvalue weighted by Gasteiger charge is 2.34. The van der Waals surface area contributed by atoms with Gasteiger partial charge in [-0.1, -0.05) is 0 Å². The summed E-state index contributed by atoms with van der Waals surface area (Å²) < 4.78 is 0. The molecule has 0 spiro atoms. The molecule has 0 saturated carbocycles. The molecule has 0 radical (unpaired) electrons. The summed E-state index contributed by atoms with van der Waals surface area (Å²) in [6, 6.07) is -11.0. The second-order valence-corrected chi connectivity index (χ2v) is 15.3. The number of aliphatic carboxylic acids is 4. The minimum atomic E-state index is -1.75. The lowest BCUT2D eigenvalue weighted by atomic mass is 10.0. The number of hydrogen-bond donors (Lipinski definition) is 17. The molecular formula is C38H67N15O15. The maximum absolute atomic E-state index is 14.0. The van der Waals surface area contributed by atoms with E-state index in [2.05, 4.69) is 41.9 Å². The Hall–Kier alpha value is -7.37. The van der Waals surface area contributed by atoms with Gasteiger partial charge in [0.05, 0.1) is 6.04 Å². The summed E-state index contributed by atoms with van der Waals surface area (Å²) in [5, 5.41) is 51.6. The third-order valence-corrected chi connectivity index (χ3v) is 9.60. The van der Waals surface area contributed by atoms with Crippen LogP contribution in [0, 0.1) is 0 Å². The summed E-state index contributed by atoms with van der Waals surface area (Å²) >= 11 is 0. The highest BCUT2D eigenvalue weighted by molar-refractivity contribution is 5.97. The number of nitrogens with two attached hydrogens (primary N) is 7. The predicted octanol–water partition coefficient (Wildman–Crippen LogP) is -6.60. The van der Waals surface area contributed by atoms with E-state index < -0.39 is 152 Å². The fourth-order valence-electron chi connectivity index (χ4n) is 5.97. The average Bonchev–Trinajstić information content (AvgIpc) is 3.24. The van der Waals surface area contributed by atoms with E-state index in [-0.39, 0.29) is 76.5 Å². The van der Waals surface area contributed by atoms with Crippen molar-refractivity contribution in [3.05, 3.63) is 0 Å². The molecule has 384 valence electrons. The van der Waals surface area contributed by atoms with Crippen LogP contribution < -0.4 is 72.0 Å². The molecule has 0 bridgehead atoms. The van der Waals surface area contributed by atoms with Gasteiger partial charge >= 0.3 is 23.9 Å². The van der Waals surface area contributed by atoms with Crippen molar-refractivity contribution in [2.45, 2.75) is 139 Å². The quantitative estimate of drug-likeness (QED) is 0.0156. The summed E-state index contributed by atoms with van der Waals surface area (Å²) in [7, 11) is 0. The molecular weight excluding hydrogens is 907 g/mol. The summed E-state index contributed by atoms with van der Waals surface area (Å²) in [5.74, 6) is -13.4. The van der Waals surface area contributed by atoms with Crippen molar-refractivity contribution in [3.8, 4) is 0 Å². The predicted molar refractivity (Wildman–Crippen MR) is 239 cm³/mol. The van der Waals surface area contributed by atoms with Gasteiger partial charge in [0.1, 0.15) is 36.3 Å². The van der Waals surface area contributed by atoms with Crippen LogP contribution in [0.4, 0.5) is 0 Å². The highest BCUT2D eigenvalue weighted by Crippen LogP contribution is 2.10. The van der Waals surface area contributed by atoms with Crippen molar-refractivity contribution in [1.82, 2.24) is 31.9 Å². The lowest BCUT2D eigenvalue weighted by molar-refractivity contribution is -0.143. The molecule has 0 aromatic rings. The Morgan fingerprint density at radius 1 is 0.397 bits per heavy atom. The number of rotatable bonds is 37. The number of carboxylic acids is 4. The third-order valence-electron chi connectivity index (χ3n) is 9.60. The van der Waals surface area contributed by atoms with Crippen LogP contribution in [-0.4, -0.2) is 159 Å². The number of amides is 7. The molecule has 7 atom stereocenters. The van der Waals surface area contributed by atoms with E-state index in [4.69, 9.17) is 45.2 Å². The van der Waals surface area contributed by atoms with E-state index in [1.807, 2.05) is 0 Å². The van der Waals surface area contributed by atoms with Crippen LogP contribution in [0.25, 0.3) is 0 Å². The summed E-state index contributed by atoms with van der Waals surface area (Å²) in [4.78, 5) is 147. The van der Waals surface area contributed by atoms with Gasteiger partial charge in [-0.3, -0.25) is 57.9 Å². The molecule has 0 heterocycles. The molecule has 0 saturated heterocycles. The van der Waals surface area contributed by atoms with Crippen LogP contribution in [0.15, 0.2) is 9.98 Å². The molecule has 30 heteroatoms. The van der Waals surface area contributed by atoms with Crippen LogP contribution in [0.3, 0.4) is 0 Å². The number of guanidine groups is 2. The van der Waals surface area contributed by atoms with E-state index in [0.29, 0.717) is 6.42 Å². The maximum atomic E-state index is 14.0. The van der Waals surface area contributed by atoms with Crippen LogP contribution in [-0.2, 0) is 52.7 Å². The molecule has 0 fully saturated rings. The van der Waals surface area contributed by atoms with Crippen LogP contribution in [0.2, 0.25) is 0 Å². The fraction of sp³-hybridized carbons (Fsp3) is 0.658. The number of nitrogens with zero attached hydrogens (tertiary/aromatic N) is 2. The van der Waals surface area contributed by atoms with Gasteiger partial charge in [0.2, 0.25) is 41.4 Å². The van der Waals surface area contributed by atoms with Gasteiger partial charge in [0.25, 0.3) is 0 Å². The van der Waals surface area contributed by atoms with Crippen LogP contribution >= 0.6 is 0 Å². The molecule has 0 unspecified atom stereocenters. The number of carbonyl (C=O) groups excluding carboxylic acids is 7. The van der Waals surface area contributed by atoms with Gasteiger partial charge in [0.15, 0.2) is 11.9 Å². The Bertz CT molecular complexity index is 1810. The Kier molecular flexibility index (Phi) is 29.6. The first kappa shape index (κ1) is 60.6. The second kappa shape index (κ2) is 33.2. The minimum Gasteiger partial charge on any atom is -0.481 e. The van der Waals surface area contributed by atoms with Crippen molar-refractivity contribution in [2.75, 3.05) is 19.6 Å². The summed E-state index contributed by atoms with van der Waals surface area (Å²) in [5.41, 5.74) is 38.1. The largest absolute Gasteiger partial charge is 0.481 e. The monoisotopic (exact) mass is 973 g/mol. The Balaban J connectivity index is 6.85. The normalized spacial score (nSPS) is 13.8. The van der Waals surface area contributed by atoms with Gasteiger partial charge in [0, 0.05) is 38.8 Å².